The molecular weight excluding hydrogens is 453 g/mol. The molecule has 1 aromatic carbocycles. The number of likely N-dealkylation sites (tertiary alicyclic amines) is 1. The van der Waals surface area contributed by atoms with E-state index in [9.17, 15) is 18.8 Å². The molecule has 0 spiro atoms. The fourth-order valence-electron chi connectivity index (χ4n) is 3.00. The van der Waals surface area contributed by atoms with Crippen molar-refractivity contribution in [2.75, 3.05) is 20.6 Å². The second-order valence-corrected chi connectivity index (χ2v) is 10.2. The molecule has 1 aromatic rings. The van der Waals surface area contributed by atoms with Crippen LogP contribution in [0.4, 0.5) is 4.39 Å². The molecule has 1 aliphatic carbocycles. The summed E-state index contributed by atoms with van der Waals surface area (Å²) in [6.45, 7) is 11.5. The SMILES string of the molecule is CC.CC(C)(S)C(C=O)NC(=O)C1(F)CC1.CN1CCCC1C=O.CNCc1ccc(C)cc1. The highest BCUT2D eigenvalue weighted by Crippen LogP contribution is 2.40. The highest BCUT2D eigenvalue weighted by molar-refractivity contribution is 7.81. The Kier molecular flexibility index (Phi) is 15.2. The quantitative estimate of drug-likeness (QED) is 0.393. The Morgan fingerprint density at radius 3 is 2.15 bits per heavy atom. The van der Waals surface area contributed by atoms with Gasteiger partial charge in [0.15, 0.2) is 5.67 Å². The number of halogens is 1. The van der Waals surface area contributed by atoms with Gasteiger partial charge in [-0.05, 0) is 72.7 Å². The standard InChI is InChI=1S/C9H14FNO2S.C9H13N.C6H11NO.C2H6/c1-8(2,14)6(5-12)11-7(13)9(10)3-4-9;1-8-3-5-9(6-4-8)7-10-2;1-7-4-2-3-6(7)5-8;1-2/h5-6,14H,3-4H2,1-2H3,(H,11,13);3-6,10H,7H2,1-2H3;5-6H,2-4H2,1H3;1-2H3. The molecule has 2 aliphatic rings. The number of carbonyl (C=O) groups is 3. The third-order valence-electron chi connectivity index (χ3n) is 5.52. The van der Waals surface area contributed by atoms with Crippen molar-refractivity contribution in [1.82, 2.24) is 15.5 Å². The molecule has 2 unspecified atom stereocenters. The Morgan fingerprint density at radius 1 is 1.26 bits per heavy atom. The van der Waals surface area contributed by atoms with Crippen LogP contribution in [0.2, 0.25) is 0 Å². The summed E-state index contributed by atoms with van der Waals surface area (Å²) >= 11 is 4.15. The third kappa shape index (κ3) is 12.1. The van der Waals surface area contributed by atoms with Crippen molar-refractivity contribution < 1.29 is 18.8 Å². The molecule has 1 saturated carbocycles. The summed E-state index contributed by atoms with van der Waals surface area (Å²) in [6, 6.07) is 8.01. The number of aryl methyl sites for hydroxylation is 1. The number of benzene rings is 1. The van der Waals surface area contributed by atoms with Gasteiger partial charge in [-0.2, -0.15) is 12.6 Å². The van der Waals surface area contributed by atoms with Crippen LogP contribution in [0.15, 0.2) is 24.3 Å². The lowest BCUT2D eigenvalue weighted by molar-refractivity contribution is -0.130. The molecule has 6 nitrogen and oxygen atoms in total. The Bertz CT molecular complexity index is 734. The van der Waals surface area contributed by atoms with Crippen LogP contribution in [-0.2, 0) is 20.9 Å². The van der Waals surface area contributed by atoms with E-state index in [-0.39, 0.29) is 18.9 Å². The Morgan fingerprint density at radius 2 is 1.82 bits per heavy atom. The van der Waals surface area contributed by atoms with Crippen LogP contribution >= 0.6 is 12.6 Å². The summed E-state index contributed by atoms with van der Waals surface area (Å²) in [5, 5.41) is 5.45. The second-order valence-electron chi connectivity index (χ2n) is 9.05. The number of rotatable bonds is 7. The largest absolute Gasteiger partial charge is 0.342 e. The molecule has 2 fully saturated rings. The molecule has 0 bridgehead atoms. The number of nitrogens with one attached hydrogen (secondary N) is 2. The zero-order chi connectivity index (χ0) is 26.4. The van der Waals surface area contributed by atoms with E-state index in [1.807, 2.05) is 27.9 Å². The minimum absolute atomic E-state index is 0.218. The van der Waals surface area contributed by atoms with Gasteiger partial charge < -0.3 is 20.2 Å². The van der Waals surface area contributed by atoms with Gasteiger partial charge in [0, 0.05) is 11.3 Å². The number of thiol groups is 1. The van der Waals surface area contributed by atoms with Gasteiger partial charge in [-0.15, -0.1) is 0 Å². The highest BCUT2D eigenvalue weighted by atomic mass is 32.1. The normalized spacial score (nSPS) is 19.0. The lowest BCUT2D eigenvalue weighted by atomic mass is 10.0. The van der Waals surface area contributed by atoms with Crippen molar-refractivity contribution in [2.45, 2.75) is 89.3 Å². The molecular formula is C26H44FN3O3S. The second kappa shape index (κ2) is 16.0. The summed E-state index contributed by atoms with van der Waals surface area (Å²) in [5.41, 5.74) is 0.924. The Labute approximate surface area is 210 Å². The van der Waals surface area contributed by atoms with Crippen LogP contribution in [0.5, 0.6) is 0 Å². The molecule has 3 rings (SSSR count). The maximum absolute atomic E-state index is 13.2. The summed E-state index contributed by atoms with van der Waals surface area (Å²) in [5.74, 6) is -0.697. The van der Waals surface area contributed by atoms with E-state index in [4.69, 9.17) is 0 Å². The number of aldehydes is 2. The molecule has 0 aromatic heterocycles. The molecule has 2 atom stereocenters. The molecule has 1 amide bonds. The molecule has 194 valence electrons. The molecule has 1 saturated heterocycles. The average Bonchev–Trinajstić information content (AvgIpc) is 3.43. The zero-order valence-corrected chi connectivity index (χ0v) is 22.8. The fourth-order valence-corrected chi connectivity index (χ4v) is 3.13. The lowest BCUT2D eigenvalue weighted by Crippen LogP contribution is -2.50. The number of carbonyl (C=O) groups excluding carboxylic acids is 3. The van der Waals surface area contributed by atoms with E-state index >= 15 is 0 Å². The van der Waals surface area contributed by atoms with Gasteiger partial charge in [-0.1, -0.05) is 43.7 Å². The first-order chi connectivity index (χ1) is 16.0. The monoisotopic (exact) mass is 497 g/mol. The third-order valence-corrected chi connectivity index (χ3v) is 5.79. The smallest absolute Gasteiger partial charge is 0.258 e. The van der Waals surface area contributed by atoms with E-state index in [1.54, 1.807) is 13.8 Å². The van der Waals surface area contributed by atoms with Crippen LogP contribution in [0.1, 0.15) is 64.5 Å². The Balaban J connectivity index is 0.000000480. The number of nitrogens with zero attached hydrogens (tertiary/aromatic N) is 1. The van der Waals surface area contributed by atoms with Crippen LogP contribution in [0, 0.1) is 6.92 Å². The number of hydrogen-bond donors (Lipinski definition) is 3. The first-order valence-electron chi connectivity index (χ1n) is 12.0. The van der Waals surface area contributed by atoms with E-state index in [0.717, 1.165) is 25.8 Å². The van der Waals surface area contributed by atoms with Crippen LogP contribution < -0.4 is 10.6 Å². The van der Waals surface area contributed by atoms with Crippen molar-refractivity contribution in [1.29, 1.82) is 0 Å². The van der Waals surface area contributed by atoms with Crippen molar-refractivity contribution in [3.63, 3.8) is 0 Å². The maximum atomic E-state index is 13.2. The molecule has 0 radical (unpaired) electrons. The van der Waals surface area contributed by atoms with Gasteiger partial charge in [-0.3, -0.25) is 9.69 Å². The summed E-state index contributed by atoms with van der Waals surface area (Å²) in [7, 11) is 3.95. The maximum Gasteiger partial charge on any atom is 0.258 e. The lowest BCUT2D eigenvalue weighted by Gasteiger charge is -2.26. The minimum atomic E-state index is -1.74. The van der Waals surface area contributed by atoms with Crippen molar-refractivity contribution >= 4 is 31.1 Å². The van der Waals surface area contributed by atoms with Gasteiger partial charge in [0.05, 0.1) is 12.1 Å². The molecule has 34 heavy (non-hydrogen) atoms. The van der Waals surface area contributed by atoms with Gasteiger partial charge in [0.1, 0.15) is 12.6 Å². The van der Waals surface area contributed by atoms with Crippen molar-refractivity contribution in [3.8, 4) is 0 Å². The summed E-state index contributed by atoms with van der Waals surface area (Å²) < 4.78 is 12.5. The molecule has 1 heterocycles. The zero-order valence-electron chi connectivity index (χ0n) is 21.9. The molecule has 8 heteroatoms. The topological polar surface area (TPSA) is 78.5 Å². The minimum Gasteiger partial charge on any atom is -0.342 e. The Hall–Kier alpha value is -1.77. The van der Waals surface area contributed by atoms with Gasteiger partial charge >= 0.3 is 0 Å². The summed E-state index contributed by atoms with van der Waals surface area (Å²) in [4.78, 5) is 34.2. The average molecular weight is 498 g/mol. The predicted molar refractivity (Wildman–Crippen MR) is 141 cm³/mol. The van der Waals surface area contributed by atoms with Crippen LogP contribution in [-0.4, -0.2) is 66.5 Å². The summed E-state index contributed by atoms with van der Waals surface area (Å²) in [6.07, 6.45) is 4.35. The van der Waals surface area contributed by atoms with Gasteiger partial charge in [0.25, 0.3) is 5.91 Å². The van der Waals surface area contributed by atoms with Crippen LogP contribution in [0.25, 0.3) is 0 Å². The van der Waals surface area contributed by atoms with E-state index in [0.29, 0.717) is 6.29 Å². The van der Waals surface area contributed by atoms with Crippen LogP contribution in [0.3, 0.4) is 0 Å². The predicted octanol–water partition coefficient (Wildman–Crippen LogP) is 3.90. The highest BCUT2D eigenvalue weighted by Gasteiger charge is 2.51. The molecule has 2 N–H and O–H groups in total. The number of hydrogen-bond acceptors (Lipinski definition) is 6. The fraction of sp³-hybridized carbons (Fsp3) is 0.654. The van der Waals surface area contributed by atoms with E-state index in [1.165, 1.54) is 17.5 Å². The molecule has 1 aliphatic heterocycles. The number of likely N-dealkylation sites (N-methyl/N-ethyl adjacent to an activating group) is 1. The number of amides is 1. The van der Waals surface area contributed by atoms with E-state index in [2.05, 4.69) is 59.4 Å². The van der Waals surface area contributed by atoms with Gasteiger partial charge in [0.2, 0.25) is 0 Å². The first kappa shape index (κ1) is 32.2. The van der Waals surface area contributed by atoms with Crippen molar-refractivity contribution in [2.24, 2.45) is 0 Å². The van der Waals surface area contributed by atoms with Crippen molar-refractivity contribution in [3.05, 3.63) is 35.4 Å². The number of alkyl halides is 1. The van der Waals surface area contributed by atoms with Gasteiger partial charge in [-0.25, -0.2) is 4.39 Å². The van der Waals surface area contributed by atoms with E-state index < -0.39 is 22.4 Å². The first-order valence-corrected chi connectivity index (χ1v) is 12.4.